The number of benzene rings is 1. The highest BCUT2D eigenvalue weighted by Crippen LogP contribution is 2.29. The van der Waals surface area contributed by atoms with Gasteiger partial charge in [-0.2, -0.15) is 13.2 Å². The standard InChI is InChI=1S/C25H32F3N5O.CH4/c26-25(27,28)20-8-9-23(29-19-20)33-13-10-21(11-14-33)30-24(34)7-4-12-31-15-17-32(18-16-31)22-5-2-1-3-6-22;/h1-3,5-6,8-9,19,21H,4,7,10-18H2,(H,30,34);1H4. The fraction of sp³-hybridized carbons (Fsp3) is 0.538. The molecule has 35 heavy (non-hydrogen) atoms. The number of carbonyl (C=O) groups excluding carboxylic acids is 1. The van der Waals surface area contributed by atoms with E-state index in [1.54, 1.807) is 0 Å². The SMILES string of the molecule is C.O=C(CCCN1CCN(c2ccccc2)CC1)NC1CCN(c2ccc(C(F)(F)F)cn2)CC1. The summed E-state index contributed by atoms with van der Waals surface area (Å²) in [5, 5.41) is 3.12. The maximum atomic E-state index is 12.7. The second kappa shape index (κ2) is 12.2. The lowest BCUT2D eigenvalue weighted by molar-refractivity contribution is -0.137. The molecule has 0 spiro atoms. The van der Waals surface area contributed by atoms with Crippen molar-refractivity contribution in [1.29, 1.82) is 0 Å². The summed E-state index contributed by atoms with van der Waals surface area (Å²) in [4.78, 5) is 23.2. The molecular formula is C26H36F3N5O. The van der Waals surface area contributed by atoms with E-state index in [-0.39, 0.29) is 19.4 Å². The summed E-state index contributed by atoms with van der Waals surface area (Å²) in [5.74, 6) is 0.624. The minimum Gasteiger partial charge on any atom is -0.369 e. The van der Waals surface area contributed by atoms with Crippen molar-refractivity contribution in [2.45, 2.75) is 45.3 Å². The number of para-hydroxylation sites is 1. The number of nitrogens with one attached hydrogen (secondary N) is 1. The van der Waals surface area contributed by atoms with Gasteiger partial charge in [-0.05, 0) is 50.1 Å². The van der Waals surface area contributed by atoms with Gasteiger partial charge < -0.3 is 15.1 Å². The number of piperidine rings is 1. The van der Waals surface area contributed by atoms with Gasteiger partial charge in [-0.15, -0.1) is 0 Å². The van der Waals surface area contributed by atoms with Crippen molar-refractivity contribution in [2.24, 2.45) is 0 Å². The molecule has 0 atom stereocenters. The van der Waals surface area contributed by atoms with Gasteiger partial charge in [0.25, 0.3) is 0 Å². The minimum absolute atomic E-state index is 0. The fourth-order valence-electron chi connectivity index (χ4n) is 4.63. The zero-order chi connectivity index (χ0) is 24.0. The van der Waals surface area contributed by atoms with Crippen molar-refractivity contribution in [3.05, 3.63) is 54.2 Å². The van der Waals surface area contributed by atoms with Gasteiger partial charge >= 0.3 is 6.18 Å². The van der Waals surface area contributed by atoms with Gasteiger partial charge in [-0.1, -0.05) is 25.6 Å². The first kappa shape index (κ1) is 26.8. The van der Waals surface area contributed by atoms with Crippen LogP contribution in [0.5, 0.6) is 0 Å². The van der Waals surface area contributed by atoms with Crippen molar-refractivity contribution in [1.82, 2.24) is 15.2 Å². The van der Waals surface area contributed by atoms with Gasteiger partial charge in [0.05, 0.1) is 5.56 Å². The van der Waals surface area contributed by atoms with Crippen LogP contribution in [0.3, 0.4) is 0 Å². The van der Waals surface area contributed by atoms with E-state index >= 15 is 0 Å². The highest BCUT2D eigenvalue weighted by molar-refractivity contribution is 5.76. The van der Waals surface area contributed by atoms with Crippen LogP contribution in [0.1, 0.15) is 38.7 Å². The van der Waals surface area contributed by atoms with Gasteiger partial charge in [0.15, 0.2) is 0 Å². The Hall–Kier alpha value is -2.81. The Morgan fingerprint density at radius 2 is 1.63 bits per heavy atom. The molecule has 2 saturated heterocycles. The molecule has 2 fully saturated rings. The number of hydrogen-bond donors (Lipinski definition) is 1. The smallest absolute Gasteiger partial charge is 0.369 e. The van der Waals surface area contributed by atoms with E-state index in [4.69, 9.17) is 0 Å². The largest absolute Gasteiger partial charge is 0.417 e. The van der Waals surface area contributed by atoms with Gasteiger partial charge in [0, 0.05) is 63.6 Å². The number of pyridine rings is 1. The Morgan fingerprint density at radius 3 is 2.23 bits per heavy atom. The molecule has 3 heterocycles. The summed E-state index contributed by atoms with van der Waals surface area (Å²) in [7, 11) is 0. The molecule has 1 aromatic carbocycles. The molecule has 0 aliphatic carbocycles. The molecule has 0 radical (unpaired) electrons. The Balaban J connectivity index is 0.00000342. The topological polar surface area (TPSA) is 51.7 Å². The summed E-state index contributed by atoms with van der Waals surface area (Å²) in [6.45, 7) is 6.27. The summed E-state index contributed by atoms with van der Waals surface area (Å²) in [5.41, 5.74) is 0.526. The molecule has 0 bridgehead atoms. The number of anilines is 2. The number of hydrogen-bond acceptors (Lipinski definition) is 5. The van der Waals surface area contributed by atoms with Crippen LogP contribution >= 0.6 is 0 Å². The first-order chi connectivity index (χ1) is 16.4. The van der Waals surface area contributed by atoms with E-state index in [0.29, 0.717) is 25.3 Å². The quantitative estimate of drug-likeness (QED) is 0.621. The lowest BCUT2D eigenvalue weighted by Gasteiger charge is -2.36. The maximum Gasteiger partial charge on any atom is 0.417 e. The number of alkyl halides is 3. The highest BCUT2D eigenvalue weighted by Gasteiger charge is 2.31. The van der Waals surface area contributed by atoms with Crippen molar-refractivity contribution < 1.29 is 18.0 Å². The van der Waals surface area contributed by atoms with Crippen LogP contribution in [0, 0.1) is 0 Å². The van der Waals surface area contributed by atoms with Crippen LogP contribution in [0.2, 0.25) is 0 Å². The summed E-state index contributed by atoms with van der Waals surface area (Å²) in [6, 6.07) is 13.0. The normalized spacial score (nSPS) is 17.7. The molecule has 6 nitrogen and oxygen atoms in total. The molecule has 0 saturated carbocycles. The third-order valence-corrected chi connectivity index (χ3v) is 6.63. The Labute approximate surface area is 206 Å². The Kier molecular flexibility index (Phi) is 9.37. The molecule has 192 valence electrons. The number of amides is 1. The molecule has 1 aromatic heterocycles. The van der Waals surface area contributed by atoms with Crippen molar-refractivity contribution in [3.8, 4) is 0 Å². The number of nitrogens with zero attached hydrogens (tertiary/aromatic N) is 4. The second-order valence-corrected chi connectivity index (χ2v) is 9.00. The predicted molar refractivity (Wildman–Crippen MR) is 134 cm³/mol. The number of halogens is 3. The first-order valence-corrected chi connectivity index (χ1v) is 12.0. The molecule has 0 unspecified atom stereocenters. The molecule has 4 rings (SSSR count). The van der Waals surface area contributed by atoms with E-state index in [9.17, 15) is 18.0 Å². The number of rotatable bonds is 7. The van der Waals surface area contributed by atoms with E-state index < -0.39 is 11.7 Å². The fourth-order valence-corrected chi connectivity index (χ4v) is 4.63. The highest BCUT2D eigenvalue weighted by atomic mass is 19.4. The third kappa shape index (κ3) is 7.59. The van der Waals surface area contributed by atoms with E-state index in [1.165, 1.54) is 11.8 Å². The number of aromatic nitrogens is 1. The lowest BCUT2D eigenvalue weighted by atomic mass is 10.0. The molecule has 1 amide bonds. The van der Waals surface area contributed by atoms with E-state index in [2.05, 4.69) is 44.4 Å². The molecule has 2 aliphatic heterocycles. The van der Waals surface area contributed by atoms with Crippen LogP contribution in [0.4, 0.5) is 24.7 Å². The zero-order valence-electron chi connectivity index (χ0n) is 19.3. The number of piperazine rings is 1. The monoisotopic (exact) mass is 491 g/mol. The summed E-state index contributed by atoms with van der Waals surface area (Å²) >= 11 is 0. The van der Waals surface area contributed by atoms with Gasteiger partial charge in [-0.25, -0.2) is 4.98 Å². The van der Waals surface area contributed by atoms with Crippen LogP contribution in [-0.2, 0) is 11.0 Å². The molecular weight excluding hydrogens is 455 g/mol. The predicted octanol–water partition coefficient (Wildman–Crippen LogP) is 4.42. The average molecular weight is 492 g/mol. The maximum absolute atomic E-state index is 12.7. The molecule has 1 N–H and O–H groups in total. The lowest BCUT2D eigenvalue weighted by Crippen LogP contribution is -2.47. The van der Waals surface area contributed by atoms with Crippen molar-refractivity contribution in [2.75, 3.05) is 55.6 Å². The van der Waals surface area contributed by atoms with Crippen LogP contribution < -0.4 is 15.1 Å². The first-order valence-electron chi connectivity index (χ1n) is 12.0. The summed E-state index contributed by atoms with van der Waals surface area (Å²) in [6.07, 6.45) is -0.624. The molecule has 2 aromatic rings. The number of carbonyl (C=O) groups is 1. The van der Waals surface area contributed by atoms with Gasteiger partial charge in [0.1, 0.15) is 5.82 Å². The summed E-state index contributed by atoms with van der Waals surface area (Å²) < 4.78 is 38.1. The molecule has 2 aliphatic rings. The van der Waals surface area contributed by atoms with E-state index in [1.807, 2.05) is 11.0 Å². The second-order valence-electron chi connectivity index (χ2n) is 9.00. The van der Waals surface area contributed by atoms with Gasteiger partial charge in [0.2, 0.25) is 5.91 Å². The molecule has 9 heteroatoms. The minimum atomic E-state index is -4.38. The third-order valence-electron chi connectivity index (χ3n) is 6.63. The Bertz CT molecular complexity index is 907. The zero-order valence-corrected chi connectivity index (χ0v) is 19.3. The van der Waals surface area contributed by atoms with Crippen molar-refractivity contribution >= 4 is 17.4 Å². The van der Waals surface area contributed by atoms with Crippen LogP contribution in [-0.4, -0.2) is 67.6 Å². The van der Waals surface area contributed by atoms with Crippen LogP contribution in [0.15, 0.2) is 48.7 Å². The van der Waals surface area contributed by atoms with Crippen LogP contribution in [0.25, 0.3) is 0 Å². The van der Waals surface area contributed by atoms with Gasteiger partial charge in [-0.3, -0.25) is 9.69 Å². The van der Waals surface area contributed by atoms with Crippen molar-refractivity contribution in [3.63, 3.8) is 0 Å². The Morgan fingerprint density at radius 1 is 0.943 bits per heavy atom. The average Bonchev–Trinajstić information content (AvgIpc) is 2.85. The van der Waals surface area contributed by atoms with E-state index in [0.717, 1.165) is 64.2 Å².